The van der Waals surface area contributed by atoms with Crippen LogP contribution in [0.3, 0.4) is 0 Å². The summed E-state index contributed by atoms with van der Waals surface area (Å²) in [6, 6.07) is 10.7. The monoisotopic (exact) mass is 261 g/mol. The third kappa shape index (κ3) is 4.87. The molecule has 1 aliphatic carbocycles. The minimum atomic E-state index is 0.695. The fourth-order valence-corrected chi connectivity index (χ4v) is 2.97. The van der Waals surface area contributed by atoms with Gasteiger partial charge in [0.1, 0.15) is 12.4 Å². The zero-order chi connectivity index (χ0) is 13.5. The molecule has 2 rings (SSSR count). The van der Waals surface area contributed by atoms with Crippen LogP contribution in [0.1, 0.15) is 39.5 Å². The Balaban J connectivity index is 1.63. The van der Waals surface area contributed by atoms with Crippen LogP contribution < -0.4 is 10.1 Å². The lowest BCUT2D eigenvalue weighted by atomic mass is 9.79. The lowest BCUT2D eigenvalue weighted by Gasteiger charge is -2.32. The van der Waals surface area contributed by atoms with Crippen molar-refractivity contribution in [3.63, 3.8) is 0 Å². The number of rotatable bonds is 6. The van der Waals surface area contributed by atoms with Gasteiger partial charge in [-0.1, -0.05) is 44.9 Å². The first kappa shape index (κ1) is 14.4. The van der Waals surface area contributed by atoms with Crippen LogP contribution in [0.25, 0.3) is 0 Å². The van der Waals surface area contributed by atoms with Crippen LogP contribution in [0, 0.1) is 11.8 Å². The Bertz CT molecular complexity index is 350. The van der Waals surface area contributed by atoms with E-state index in [1.54, 1.807) is 0 Å². The molecule has 1 aromatic rings. The van der Waals surface area contributed by atoms with Gasteiger partial charge in [-0.2, -0.15) is 0 Å². The molecule has 0 radical (unpaired) electrons. The third-order valence-corrected chi connectivity index (χ3v) is 4.20. The van der Waals surface area contributed by atoms with E-state index in [9.17, 15) is 0 Å². The lowest BCUT2D eigenvalue weighted by Crippen LogP contribution is -2.37. The minimum absolute atomic E-state index is 0.695. The Kier molecular flexibility index (Phi) is 5.71. The molecular formula is C17H27NO. The third-order valence-electron chi connectivity index (χ3n) is 4.20. The zero-order valence-electron chi connectivity index (χ0n) is 12.3. The lowest BCUT2D eigenvalue weighted by molar-refractivity contribution is 0.221. The maximum absolute atomic E-state index is 5.71. The molecule has 0 amide bonds. The average Bonchev–Trinajstić information content (AvgIpc) is 2.45. The van der Waals surface area contributed by atoms with Gasteiger partial charge >= 0.3 is 0 Å². The highest BCUT2D eigenvalue weighted by Gasteiger charge is 2.23. The summed E-state index contributed by atoms with van der Waals surface area (Å²) in [4.78, 5) is 0. The summed E-state index contributed by atoms with van der Waals surface area (Å²) >= 11 is 0. The molecule has 0 bridgehead atoms. The van der Waals surface area contributed by atoms with E-state index in [-0.39, 0.29) is 0 Å². The molecule has 1 aromatic carbocycles. The van der Waals surface area contributed by atoms with Crippen LogP contribution in [0.5, 0.6) is 5.75 Å². The number of ether oxygens (including phenoxy) is 1. The predicted octanol–water partition coefficient (Wildman–Crippen LogP) is 3.87. The van der Waals surface area contributed by atoms with Gasteiger partial charge in [-0.25, -0.2) is 0 Å². The van der Waals surface area contributed by atoms with Crippen LogP contribution >= 0.6 is 0 Å². The topological polar surface area (TPSA) is 21.3 Å². The van der Waals surface area contributed by atoms with E-state index >= 15 is 0 Å². The smallest absolute Gasteiger partial charge is 0.119 e. The fourth-order valence-electron chi connectivity index (χ4n) is 2.97. The molecule has 1 fully saturated rings. The molecule has 1 saturated carbocycles. The van der Waals surface area contributed by atoms with Gasteiger partial charge in [0.05, 0.1) is 0 Å². The van der Waals surface area contributed by atoms with Crippen LogP contribution in [-0.2, 0) is 0 Å². The van der Waals surface area contributed by atoms with Gasteiger partial charge < -0.3 is 10.1 Å². The van der Waals surface area contributed by atoms with Gasteiger partial charge in [0.15, 0.2) is 0 Å². The van der Waals surface area contributed by atoms with Gasteiger partial charge in [-0.15, -0.1) is 0 Å². The van der Waals surface area contributed by atoms with E-state index < -0.39 is 0 Å². The first-order chi connectivity index (χ1) is 9.25. The molecule has 0 aliphatic heterocycles. The molecule has 0 saturated heterocycles. The molecule has 19 heavy (non-hydrogen) atoms. The van der Waals surface area contributed by atoms with Crippen molar-refractivity contribution in [2.75, 3.05) is 13.2 Å². The van der Waals surface area contributed by atoms with E-state index in [2.05, 4.69) is 19.2 Å². The molecule has 2 atom stereocenters. The van der Waals surface area contributed by atoms with Crippen molar-refractivity contribution in [2.45, 2.75) is 45.6 Å². The maximum atomic E-state index is 5.71. The summed E-state index contributed by atoms with van der Waals surface area (Å²) in [7, 11) is 0. The number of nitrogens with one attached hydrogen (secondary N) is 1. The van der Waals surface area contributed by atoms with Gasteiger partial charge in [-0.3, -0.25) is 0 Å². The van der Waals surface area contributed by atoms with E-state index in [0.29, 0.717) is 6.04 Å². The molecule has 106 valence electrons. The van der Waals surface area contributed by atoms with Crippen LogP contribution in [0.2, 0.25) is 0 Å². The SMILES string of the molecule is CC(C)C1CCCC(NCCOc2ccccc2)C1. The van der Waals surface area contributed by atoms with Crippen molar-refractivity contribution < 1.29 is 4.74 Å². The van der Waals surface area contributed by atoms with Crippen LogP contribution in [0.15, 0.2) is 30.3 Å². The first-order valence-electron chi connectivity index (χ1n) is 7.67. The van der Waals surface area contributed by atoms with Gasteiger partial charge in [-0.05, 0) is 36.8 Å². The Hall–Kier alpha value is -1.02. The quantitative estimate of drug-likeness (QED) is 0.785. The van der Waals surface area contributed by atoms with Gasteiger partial charge in [0.25, 0.3) is 0 Å². The average molecular weight is 261 g/mol. The summed E-state index contributed by atoms with van der Waals surface area (Å²) in [5, 5.41) is 3.65. The summed E-state index contributed by atoms with van der Waals surface area (Å²) in [6.45, 7) is 6.41. The Labute approximate surface area is 117 Å². The van der Waals surface area contributed by atoms with Crippen molar-refractivity contribution >= 4 is 0 Å². The molecule has 2 unspecified atom stereocenters. The van der Waals surface area contributed by atoms with Crippen molar-refractivity contribution in [1.82, 2.24) is 5.32 Å². The molecular weight excluding hydrogens is 234 g/mol. The summed E-state index contributed by atoms with van der Waals surface area (Å²) in [5.74, 6) is 2.69. The molecule has 1 N–H and O–H groups in total. The molecule has 0 heterocycles. The highest BCUT2D eigenvalue weighted by molar-refractivity contribution is 5.20. The van der Waals surface area contributed by atoms with Crippen LogP contribution in [-0.4, -0.2) is 19.2 Å². The Morgan fingerprint density at radius 2 is 2.00 bits per heavy atom. The fraction of sp³-hybridized carbons (Fsp3) is 0.647. The Morgan fingerprint density at radius 1 is 1.21 bits per heavy atom. The molecule has 1 aliphatic rings. The highest BCUT2D eigenvalue weighted by atomic mass is 16.5. The van der Waals surface area contributed by atoms with Crippen LogP contribution in [0.4, 0.5) is 0 Å². The standard InChI is InChI=1S/C17H27NO/c1-14(2)15-7-6-8-16(13-15)18-11-12-19-17-9-4-3-5-10-17/h3-5,9-10,14-16,18H,6-8,11-13H2,1-2H3. The summed E-state index contributed by atoms with van der Waals surface area (Å²) in [6.07, 6.45) is 5.45. The molecule has 2 nitrogen and oxygen atoms in total. The van der Waals surface area contributed by atoms with Gasteiger partial charge in [0.2, 0.25) is 0 Å². The second-order valence-electron chi connectivity index (χ2n) is 5.98. The largest absolute Gasteiger partial charge is 0.492 e. The predicted molar refractivity (Wildman–Crippen MR) is 80.5 cm³/mol. The Morgan fingerprint density at radius 3 is 2.74 bits per heavy atom. The van der Waals surface area contributed by atoms with Crippen molar-refractivity contribution in [3.8, 4) is 5.75 Å². The minimum Gasteiger partial charge on any atom is -0.492 e. The number of para-hydroxylation sites is 1. The van der Waals surface area contributed by atoms with E-state index in [1.807, 2.05) is 30.3 Å². The second-order valence-corrected chi connectivity index (χ2v) is 5.98. The normalized spacial score (nSPS) is 23.5. The molecule has 2 heteroatoms. The van der Waals surface area contributed by atoms with Gasteiger partial charge in [0, 0.05) is 12.6 Å². The van der Waals surface area contributed by atoms with E-state index in [4.69, 9.17) is 4.74 Å². The number of benzene rings is 1. The van der Waals surface area contributed by atoms with E-state index in [0.717, 1.165) is 30.7 Å². The second kappa shape index (κ2) is 7.54. The van der Waals surface area contributed by atoms with E-state index in [1.165, 1.54) is 25.7 Å². The maximum Gasteiger partial charge on any atom is 0.119 e. The van der Waals surface area contributed by atoms with Crippen molar-refractivity contribution in [3.05, 3.63) is 30.3 Å². The summed E-state index contributed by atoms with van der Waals surface area (Å²) < 4.78 is 5.71. The number of hydrogen-bond donors (Lipinski definition) is 1. The van der Waals surface area contributed by atoms with Crippen molar-refractivity contribution in [1.29, 1.82) is 0 Å². The summed E-state index contributed by atoms with van der Waals surface area (Å²) in [5.41, 5.74) is 0. The highest BCUT2D eigenvalue weighted by Crippen LogP contribution is 2.29. The first-order valence-corrected chi connectivity index (χ1v) is 7.67. The zero-order valence-corrected chi connectivity index (χ0v) is 12.3. The van der Waals surface area contributed by atoms with Crippen molar-refractivity contribution in [2.24, 2.45) is 11.8 Å². The molecule has 0 spiro atoms. The molecule has 0 aromatic heterocycles. The number of hydrogen-bond acceptors (Lipinski definition) is 2.